The maximum atomic E-state index is 14.6. The molecule has 11 heteroatoms. The first-order valence-corrected chi connectivity index (χ1v) is 17.5. The Kier molecular flexibility index (Phi) is 12.7. The Bertz CT molecular complexity index is 1770. The number of nitrogens with one attached hydrogen (secondary N) is 1. The number of carbonyl (C=O) groups is 2. The maximum absolute atomic E-state index is 14.6. The molecule has 47 heavy (non-hydrogen) atoms. The number of aryl methyl sites for hydroxylation is 1. The van der Waals surface area contributed by atoms with Crippen molar-refractivity contribution in [2.24, 2.45) is 0 Å². The van der Waals surface area contributed by atoms with Gasteiger partial charge >= 0.3 is 0 Å². The van der Waals surface area contributed by atoms with Crippen molar-refractivity contribution < 1.29 is 22.7 Å². The van der Waals surface area contributed by atoms with Gasteiger partial charge in [0.05, 0.1) is 22.7 Å². The molecule has 0 bridgehead atoms. The molecule has 0 aliphatic rings. The molecule has 0 fully saturated rings. The van der Waals surface area contributed by atoms with Gasteiger partial charge < -0.3 is 15.0 Å². The van der Waals surface area contributed by atoms with E-state index in [0.717, 1.165) is 28.3 Å². The zero-order valence-corrected chi connectivity index (χ0v) is 29.0. The molecular weight excluding hydrogens is 657 g/mol. The van der Waals surface area contributed by atoms with Crippen LogP contribution >= 0.6 is 23.2 Å². The van der Waals surface area contributed by atoms with Crippen LogP contribution in [0.5, 0.6) is 5.75 Å². The lowest BCUT2D eigenvalue weighted by Crippen LogP contribution is -2.53. The molecule has 0 spiro atoms. The Morgan fingerprint density at radius 1 is 0.894 bits per heavy atom. The summed E-state index contributed by atoms with van der Waals surface area (Å²) in [5.74, 6) is -0.594. The van der Waals surface area contributed by atoms with Gasteiger partial charge in [0.25, 0.3) is 10.0 Å². The Labute approximate surface area is 287 Å². The third kappa shape index (κ3) is 9.28. The molecule has 0 radical (unpaired) electrons. The Morgan fingerprint density at radius 2 is 1.57 bits per heavy atom. The van der Waals surface area contributed by atoms with Crippen LogP contribution in [0.4, 0.5) is 5.69 Å². The van der Waals surface area contributed by atoms with E-state index in [9.17, 15) is 18.0 Å². The minimum Gasteiger partial charge on any atom is -0.495 e. The Hall–Kier alpha value is -4.05. The van der Waals surface area contributed by atoms with Crippen molar-refractivity contribution in [3.05, 3.63) is 124 Å². The number of amides is 2. The predicted molar refractivity (Wildman–Crippen MR) is 188 cm³/mol. The van der Waals surface area contributed by atoms with Crippen molar-refractivity contribution in [2.75, 3.05) is 24.5 Å². The number of anilines is 1. The zero-order valence-electron chi connectivity index (χ0n) is 26.7. The Morgan fingerprint density at radius 3 is 2.21 bits per heavy atom. The first-order chi connectivity index (χ1) is 22.5. The number of methoxy groups -OCH3 is 1. The topological polar surface area (TPSA) is 96.0 Å². The highest BCUT2D eigenvalue weighted by molar-refractivity contribution is 7.92. The van der Waals surface area contributed by atoms with Gasteiger partial charge in [0.1, 0.15) is 18.3 Å². The molecule has 0 unspecified atom stereocenters. The van der Waals surface area contributed by atoms with Crippen molar-refractivity contribution in [3.8, 4) is 5.75 Å². The van der Waals surface area contributed by atoms with Crippen LogP contribution in [0.2, 0.25) is 10.0 Å². The molecule has 248 valence electrons. The molecule has 0 aromatic heterocycles. The standard InChI is InChI=1S/C36H39Cl2N3O5S/c1-4-5-21-39-36(43)33(22-27-11-7-6-8-12-27)40(24-28-13-9-10-14-31(28)37)35(42)25-41(29-17-20-34(46-3)32(38)23-29)47(44,45)30-18-15-26(2)16-19-30/h6-20,23,33H,4-5,21-22,24-25H2,1-3H3,(H,39,43)/t33-/m1/s1. The summed E-state index contributed by atoms with van der Waals surface area (Å²) in [6, 6.07) is 26.4. The highest BCUT2D eigenvalue weighted by Gasteiger charge is 2.35. The van der Waals surface area contributed by atoms with Crippen LogP contribution in [0.25, 0.3) is 0 Å². The number of benzene rings is 4. The number of nitrogens with zero attached hydrogens (tertiary/aromatic N) is 2. The largest absolute Gasteiger partial charge is 0.495 e. The fourth-order valence-electron chi connectivity index (χ4n) is 5.05. The van der Waals surface area contributed by atoms with Crippen molar-refractivity contribution in [2.45, 2.75) is 50.6 Å². The third-order valence-corrected chi connectivity index (χ3v) is 10.2. The van der Waals surface area contributed by atoms with Crippen molar-refractivity contribution in [3.63, 3.8) is 0 Å². The van der Waals surface area contributed by atoms with Gasteiger partial charge in [0.2, 0.25) is 11.8 Å². The zero-order chi connectivity index (χ0) is 34.0. The summed E-state index contributed by atoms with van der Waals surface area (Å²) < 4.78 is 34.8. The number of rotatable bonds is 15. The molecule has 4 rings (SSSR count). The van der Waals surface area contributed by atoms with E-state index in [2.05, 4.69) is 5.32 Å². The van der Waals surface area contributed by atoms with E-state index in [4.69, 9.17) is 27.9 Å². The maximum Gasteiger partial charge on any atom is 0.264 e. The number of halogens is 2. The first kappa shape index (κ1) is 35.8. The molecular formula is C36H39Cl2N3O5S. The van der Waals surface area contributed by atoms with Crippen LogP contribution in [0, 0.1) is 6.92 Å². The molecule has 0 aliphatic heterocycles. The van der Waals surface area contributed by atoms with Crippen LogP contribution in [-0.2, 0) is 32.6 Å². The fourth-order valence-corrected chi connectivity index (χ4v) is 6.90. The average molecular weight is 697 g/mol. The second-order valence-electron chi connectivity index (χ2n) is 11.1. The minimum absolute atomic E-state index is 0.00126. The highest BCUT2D eigenvalue weighted by Crippen LogP contribution is 2.32. The van der Waals surface area contributed by atoms with Gasteiger partial charge in [-0.05, 0) is 60.9 Å². The van der Waals surface area contributed by atoms with Crippen molar-refractivity contribution >= 4 is 50.7 Å². The van der Waals surface area contributed by atoms with Gasteiger partial charge in [-0.3, -0.25) is 13.9 Å². The number of unbranched alkanes of at least 4 members (excludes halogenated alkanes) is 1. The van der Waals surface area contributed by atoms with E-state index >= 15 is 0 Å². The predicted octanol–water partition coefficient (Wildman–Crippen LogP) is 7.06. The van der Waals surface area contributed by atoms with Crippen molar-refractivity contribution in [1.82, 2.24) is 10.2 Å². The average Bonchev–Trinajstić information content (AvgIpc) is 3.06. The van der Waals surface area contributed by atoms with E-state index in [1.807, 2.05) is 44.2 Å². The van der Waals surface area contributed by atoms with E-state index in [-0.39, 0.29) is 34.5 Å². The second-order valence-corrected chi connectivity index (χ2v) is 13.8. The van der Waals surface area contributed by atoms with Gasteiger partial charge in [0.15, 0.2) is 0 Å². The summed E-state index contributed by atoms with van der Waals surface area (Å²) in [6.45, 7) is 3.67. The van der Waals surface area contributed by atoms with Crippen LogP contribution in [0.1, 0.15) is 36.5 Å². The van der Waals surface area contributed by atoms with E-state index < -0.39 is 28.5 Å². The number of ether oxygens (including phenoxy) is 1. The van der Waals surface area contributed by atoms with E-state index in [0.29, 0.717) is 22.9 Å². The van der Waals surface area contributed by atoms with Crippen molar-refractivity contribution in [1.29, 1.82) is 0 Å². The highest BCUT2D eigenvalue weighted by atomic mass is 35.5. The summed E-state index contributed by atoms with van der Waals surface area (Å²) in [5, 5.41) is 3.57. The van der Waals surface area contributed by atoms with E-state index in [1.54, 1.807) is 42.5 Å². The van der Waals surface area contributed by atoms with Gasteiger partial charge in [-0.1, -0.05) is 103 Å². The van der Waals surface area contributed by atoms with Gasteiger partial charge in [-0.25, -0.2) is 8.42 Å². The number of hydrogen-bond acceptors (Lipinski definition) is 5. The lowest BCUT2D eigenvalue weighted by Gasteiger charge is -2.34. The molecule has 1 N–H and O–H groups in total. The SMILES string of the molecule is CCCCNC(=O)[C@@H](Cc1ccccc1)N(Cc1ccccc1Cl)C(=O)CN(c1ccc(OC)c(Cl)c1)S(=O)(=O)c1ccc(C)cc1. The second kappa shape index (κ2) is 16.7. The third-order valence-electron chi connectivity index (χ3n) is 7.71. The van der Waals surface area contributed by atoms with Crippen LogP contribution in [0.15, 0.2) is 102 Å². The lowest BCUT2D eigenvalue weighted by atomic mass is 10.0. The molecule has 4 aromatic rings. The quantitative estimate of drug-likeness (QED) is 0.134. The molecule has 1 atom stereocenters. The molecule has 2 amide bonds. The summed E-state index contributed by atoms with van der Waals surface area (Å²) in [4.78, 5) is 29.9. The van der Waals surface area contributed by atoms with Crippen LogP contribution in [0.3, 0.4) is 0 Å². The van der Waals surface area contributed by atoms with Gasteiger partial charge in [-0.2, -0.15) is 0 Å². The molecule has 8 nitrogen and oxygen atoms in total. The molecule has 4 aromatic carbocycles. The first-order valence-electron chi connectivity index (χ1n) is 15.3. The van der Waals surface area contributed by atoms with Gasteiger partial charge in [0, 0.05) is 24.5 Å². The lowest BCUT2D eigenvalue weighted by molar-refractivity contribution is -0.140. The summed E-state index contributed by atoms with van der Waals surface area (Å²) in [7, 11) is -2.82. The monoisotopic (exact) mass is 695 g/mol. The number of hydrogen-bond donors (Lipinski definition) is 1. The Balaban J connectivity index is 1.82. The van der Waals surface area contributed by atoms with Crippen LogP contribution in [-0.4, -0.2) is 51.4 Å². The summed E-state index contributed by atoms with van der Waals surface area (Å²) in [5.41, 5.74) is 2.49. The molecule has 0 saturated heterocycles. The fraction of sp³-hybridized carbons (Fsp3) is 0.278. The van der Waals surface area contributed by atoms with Gasteiger partial charge in [-0.15, -0.1) is 0 Å². The molecule has 0 heterocycles. The molecule has 0 aliphatic carbocycles. The van der Waals surface area contributed by atoms with E-state index in [1.165, 1.54) is 36.3 Å². The smallest absolute Gasteiger partial charge is 0.264 e. The summed E-state index contributed by atoms with van der Waals surface area (Å²) >= 11 is 13.0. The number of sulfonamides is 1. The van der Waals surface area contributed by atoms with Crippen LogP contribution < -0.4 is 14.4 Å². The number of carbonyl (C=O) groups excluding carboxylic acids is 2. The minimum atomic E-state index is -4.28. The summed E-state index contributed by atoms with van der Waals surface area (Å²) in [6.07, 6.45) is 1.85. The molecule has 0 saturated carbocycles. The normalized spacial score (nSPS) is 11.9.